The molecular weight excluding hydrogens is 882 g/mol. The van der Waals surface area contributed by atoms with Crippen LogP contribution in [0.25, 0.3) is 39.7 Å². The van der Waals surface area contributed by atoms with E-state index in [4.69, 9.17) is 24.7 Å². The van der Waals surface area contributed by atoms with Crippen molar-refractivity contribution in [1.29, 1.82) is 0 Å². The van der Waals surface area contributed by atoms with Crippen LogP contribution in [-0.4, -0.2) is 31.6 Å². The molecule has 0 bridgehead atoms. The van der Waals surface area contributed by atoms with Gasteiger partial charge in [0.1, 0.15) is 11.5 Å². The van der Waals surface area contributed by atoms with Gasteiger partial charge in [-0.2, -0.15) is 6.07 Å². The Morgan fingerprint density at radius 2 is 1.25 bits per heavy atom. The van der Waals surface area contributed by atoms with E-state index in [1.54, 1.807) is 6.20 Å². The van der Waals surface area contributed by atoms with Gasteiger partial charge in [0, 0.05) is 51.7 Å². The van der Waals surface area contributed by atoms with E-state index in [2.05, 4.69) is 72.3 Å². The molecule has 0 amide bonds. The smallest absolute Gasteiger partial charge is 0.503 e. The second-order valence-electron chi connectivity index (χ2n) is 14.3. The van der Waals surface area contributed by atoms with Gasteiger partial charge in [-0.1, -0.05) is 134 Å². The molecule has 10 rings (SSSR count). The number of hydrogen-bond acceptors (Lipinski definition) is 7. The standard InChI is InChI=1S/C48H33BN6O.Pt/c1-48(2)39-25-10-9-24-38(39)42-43(48)49(47-53-44(32-16-5-3-6-17-32)52-45(54-47)33-18-7-4-8-19-33)40-26-15-29-51-46(40)55(42)35-21-14-23-37(31-35)56-36-22-13-20-34(30-36)41-27-11-12-28-50-41;/h3-29H,1-2H3;/q-2;+2. The van der Waals surface area contributed by atoms with Gasteiger partial charge < -0.3 is 14.6 Å². The second kappa shape index (κ2) is 14.9. The Morgan fingerprint density at radius 3 is 1.96 bits per heavy atom. The van der Waals surface area contributed by atoms with Gasteiger partial charge >= 0.3 is 21.1 Å². The van der Waals surface area contributed by atoms with Crippen LogP contribution in [0.2, 0.25) is 0 Å². The molecular formula is C48H33BN6OPt. The molecule has 3 aromatic heterocycles. The Kier molecular flexibility index (Phi) is 9.43. The Bertz CT molecular complexity index is 2720. The molecule has 57 heavy (non-hydrogen) atoms. The molecule has 274 valence electrons. The summed E-state index contributed by atoms with van der Waals surface area (Å²) in [5.74, 6) is 3.16. The SMILES string of the molecule is CC1(C)C2=C(c3ccccc31)N(c1[c-]c(Oc3[c-]c(-c4ccccn4)ccc3)ccc1)c1ncccc1B2c1nc(-c2ccccc2)nc(-c2ccccc2)n1.[Pt+2]. The van der Waals surface area contributed by atoms with Crippen LogP contribution in [0.4, 0.5) is 11.5 Å². The number of allylic oxidation sites excluding steroid dienone is 1. The van der Waals surface area contributed by atoms with Crippen LogP contribution in [0, 0.1) is 12.1 Å². The van der Waals surface area contributed by atoms with Crippen LogP contribution in [0.5, 0.6) is 11.5 Å². The fourth-order valence-corrected chi connectivity index (χ4v) is 8.02. The van der Waals surface area contributed by atoms with Crippen molar-refractivity contribution >= 4 is 35.1 Å². The number of pyridine rings is 2. The molecule has 1 aliphatic heterocycles. The van der Waals surface area contributed by atoms with E-state index < -0.39 is 5.41 Å². The molecule has 0 spiro atoms. The number of nitrogens with zero attached hydrogens (tertiary/aromatic N) is 6. The summed E-state index contributed by atoms with van der Waals surface area (Å²) in [7, 11) is 0. The van der Waals surface area contributed by atoms with Crippen molar-refractivity contribution in [2.24, 2.45) is 0 Å². The molecule has 5 aromatic carbocycles. The molecule has 1 aliphatic carbocycles. The fraction of sp³-hybridized carbons (Fsp3) is 0.0625. The average Bonchev–Trinajstić information content (AvgIpc) is 3.49. The van der Waals surface area contributed by atoms with E-state index in [0.29, 0.717) is 28.9 Å². The summed E-state index contributed by atoms with van der Waals surface area (Å²) in [6.07, 6.45) is 3.62. The van der Waals surface area contributed by atoms with Crippen LogP contribution in [-0.2, 0) is 26.5 Å². The van der Waals surface area contributed by atoms with Gasteiger partial charge in [-0.15, -0.1) is 42.0 Å². The molecule has 0 saturated heterocycles. The van der Waals surface area contributed by atoms with Crippen molar-refractivity contribution in [1.82, 2.24) is 24.9 Å². The van der Waals surface area contributed by atoms with Crippen LogP contribution >= 0.6 is 0 Å². The molecule has 2 aliphatic rings. The first-order valence-corrected chi connectivity index (χ1v) is 18.6. The quantitative estimate of drug-likeness (QED) is 0.117. The monoisotopic (exact) mass is 915 g/mol. The molecule has 0 saturated carbocycles. The molecule has 0 N–H and O–H groups in total. The normalized spacial score (nSPS) is 13.6. The minimum atomic E-state index is -0.399. The zero-order chi connectivity index (χ0) is 37.6. The van der Waals surface area contributed by atoms with Crippen molar-refractivity contribution in [3.05, 3.63) is 193 Å². The topological polar surface area (TPSA) is 76.9 Å². The zero-order valence-corrected chi connectivity index (χ0v) is 33.3. The van der Waals surface area contributed by atoms with Crippen molar-refractivity contribution in [2.75, 3.05) is 4.90 Å². The third-order valence-electron chi connectivity index (χ3n) is 10.5. The minimum Gasteiger partial charge on any atom is -0.503 e. The van der Waals surface area contributed by atoms with Gasteiger partial charge in [-0.25, -0.2) is 19.9 Å². The average molecular weight is 916 g/mol. The number of rotatable bonds is 7. The van der Waals surface area contributed by atoms with E-state index >= 15 is 0 Å². The number of fused-ring (bicyclic) bond motifs is 3. The van der Waals surface area contributed by atoms with E-state index in [-0.39, 0.29) is 27.8 Å². The maximum Gasteiger partial charge on any atom is 2.00 e. The molecule has 0 unspecified atom stereocenters. The third-order valence-corrected chi connectivity index (χ3v) is 10.5. The van der Waals surface area contributed by atoms with Crippen molar-refractivity contribution in [2.45, 2.75) is 19.3 Å². The number of anilines is 2. The Labute approximate surface area is 346 Å². The minimum absolute atomic E-state index is 0. The third kappa shape index (κ3) is 6.46. The number of hydrogen-bond donors (Lipinski definition) is 0. The van der Waals surface area contributed by atoms with Crippen LogP contribution in [0.1, 0.15) is 25.0 Å². The molecule has 9 heteroatoms. The first-order chi connectivity index (χ1) is 27.5. The van der Waals surface area contributed by atoms with Crippen LogP contribution in [0.15, 0.2) is 170 Å². The Morgan fingerprint density at radius 1 is 0.596 bits per heavy atom. The van der Waals surface area contributed by atoms with Gasteiger partial charge in [-0.3, -0.25) is 0 Å². The zero-order valence-electron chi connectivity index (χ0n) is 31.1. The summed E-state index contributed by atoms with van der Waals surface area (Å²) in [5, 5.41) is 0. The predicted octanol–water partition coefficient (Wildman–Crippen LogP) is 9.06. The number of benzene rings is 5. The molecule has 0 radical (unpaired) electrons. The largest absolute Gasteiger partial charge is 2.00 e. The number of ether oxygens (including phenoxy) is 1. The summed E-state index contributed by atoms with van der Waals surface area (Å²) in [4.78, 5) is 27.4. The first-order valence-electron chi connectivity index (χ1n) is 18.6. The predicted molar refractivity (Wildman–Crippen MR) is 222 cm³/mol. The Balaban J connectivity index is 0.00000422. The summed E-state index contributed by atoms with van der Waals surface area (Å²) in [6.45, 7) is 4.26. The van der Waals surface area contributed by atoms with Gasteiger partial charge in [0.25, 0.3) is 6.71 Å². The van der Waals surface area contributed by atoms with Gasteiger partial charge in [-0.05, 0) is 28.9 Å². The summed E-state index contributed by atoms with van der Waals surface area (Å²) >= 11 is 0. The Hall–Kier alpha value is -6.50. The van der Waals surface area contributed by atoms with E-state index in [0.717, 1.165) is 50.6 Å². The molecule has 0 atom stereocenters. The molecule has 8 aromatic rings. The van der Waals surface area contributed by atoms with Crippen molar-refractivity contribution < 1.29 is 25.8 Å². The molecule has 7 nitrogen and oxygen atoms in total. The first kappa shape index (κ1) is 36.2. The van der Waals surface area contributed by atoms with Gasteiger partial charge in [0.05, 0.1) is 0 Å². The van der Waals surface area contributed by atoms with Crippen molar-refractivity contribution in [3.8, 4) is 45.5 Å². The van der Waals surface area contributed by atoms with E-state index in [1.807, 2.05) is 121 Å². The maximum absolute atomic E-state index is 6.45. The summed E-state index contributed by atoms with van der Waals surface area (Å²) in [6, 6.07) is 57.6. The molecule has 0 fully saturated rings. The van der Waals surface area contributed by atoms with Gasteiger partial charge in [0.2, 0.25) is 0 Å². The summed E-state index contributed by atoms with van der Waals surface area (Å²) in [5.41, 5.74) is 10.2. The van der Waals surface area contributed by atoms with Gasteiger partial charge in [0.15, 0.2) is 11.6 Å². The maximum atomic E-state index is 6.45. The number of aromatic nitrogens is 5. The van der Waals surface area contributed by atoms with Crippen molar-refractivity contribution in [3.63, 3.8) is 0 Å². The van der Waals surface area contributed by atoms with E-state index in [9.17, 15) is 0 Å². The summed E-state index contributed by atoms with van der Waals surface area (Å²) < 4.78 is 6.45. The second-order valence-corrected chi connectivity index (χ2v) is 14.3. The van der Waals surface area contributed by atoms with E-state index in [1.165, 1.54) is 11.0 Å². The van der Waals surface area contributed by atoms with Crippen LogP contribution in [0.3, 0.4) is 0 Å². The fourth-order valence-electron chi connectivity index (χ4n) is 8.02. The van der Waals surface area contributed by atoms with Crippen LogP contribution < -0.4 is 20.8 Å². The molecule has 4 heterocycles.